The molecular weight excluding hydrogens is 120 g/mol. The summed E-state index contributed by atoms with van der Waals surface area (Å²) in [6.45, 7) is 1.88. The Morgan fingerprint density at radius 1 is 1.56 bits per heavy atom. The first-order chi connectivity index (χ1) is 4.43. The van der Waals surface area contributed by atoms with Crippen molar-refractivity contribution in [3.8, 4) is 0 Å². The first-order valence-electron chi connectivity index (χ1n) is 2.88. The van der Waals surface area contributed by atoms with Gasteiger partial charge in [0, 0.05) is 13.2 Å². The SMILES string of the molecule is COCC=C1OCCO1. The fourth-order valence-corrected chi connectivity index (χ4v) is 0.595. The van der Waals surface area contributed by atoms with Crippen molar-refractivity contribution in [1.82, 2.24) is 0 Å². The number of hydrogen-bond acceptors (Lipinski definition) is 3. The fraction of sp³-hybridized carbons (Fsp3) is 0.667. The van der Waals surface area contributed by atoms with Gasteiger partial charge in [0.1, 0.15) is 13.2 Å². The average molecular weight is 130 g/mol. The van der Waals surface area contributed by atoms with Crippen molar-refractivity contribution >= 4 is 0 Å². The van der Waals surface area contributed by atoms with Crippen molar-refractivity contribution in [1.29, 1.82) is 0 Å². The van der Waals surface area contributed by atoms with E-state index in [0.29, 0.717) is 25.8 Å². The molecule has 0 aromatic rings. The van der Waals surface area contributed by atoms with Crippen LogP contribution in [0.2, 0.25) is 0 Å². The van der Waals surface area contributed by atoms with E-state index in [9.17, 15) is 0 Å². The summed E-state index contributed by atoms with van der Waals surface area (Å²) in [4.78, 5) is 0. The van der Waals surface area contributed by atoms with E-state index < -0.39 is 0 Å². The van der Waals surface area contributed by atoms with Crippen molar-refractivity contribution < 1.29 is 14.2 Å². The van der Waals surface area contributed by atoms with Crippen LogP contribution in [-0.2, 0) is 14.2 Å². The van der Waals surface area contributed by atoms with Gasteiger partial charge in [-0.2, -0.15) is 0 Å². The van der Waals surface area contributed by atoms with Crippen LogP contribution >= 0.6 is 0 Å². The largest absolute Gasteiger partial charge is 0.462 e. The van der Waals surface area contributed by atoms with Gasteiger partial charge in [-0.1, -0.05) is 0 Å². The first-order valence-corrected chi connectivity index (χ1v) is 2.88. The van der Waals surface area contributed by atoms with Crippen molar-refractivity contribution in [2.75, 3.05) is 26.9 Å². The molecule has 0 saturated carbocycles. The molecule has 0 bridgehead atoms. The van der Waals surface area contributed by atoms with Gasteiger partial charge in [-0.05, 0) is 0 Å². The third kappa shape index (κ3) is 1.93. The van der Waals surface area contributed by atoms with E-state index in [2.05, 4.69) is 0 Å². The van der Waals surface area contributed by atoms with Crippen LogP contribution in [0.15, 0.2) is 12.0 Å². The lowest BCUT2D eigenvalue weighted by Crippen LogP contribution is -1.87. The normalized spacial score (nSPS) is 16.8. The summed E-state index contributed by atoms with van der Waals surface area (Å²) in [5.41, 5.74) is 0. The van der Waals surface area contributed by atoms with Gasteiger partial charge in [0.05, 0.1) is 6.61 Å². The Kier molecular flexibility index (Phi) is 2.39. The van der Waals surface area contributed by atoms with E-state index in [0.717, 1.165) is 0 Å². The summed E-state index contributed by atoms with van der Waals surface area (Å²) >= 11 is 0. The minimum absolute atomic E-state index is 0.551. The quantitative estimate of drug-likeness (QED) is 0.545. The Hall–Kier alpha value is -0.700. The van der Waals surface area contributed by atoms with Gasteiger partial charge in [-0.15, -0.1) is 0 Å². The van der Waals surface area contributed by atoms with Gasteiger partial charge in [-0.25, -0.2) is 0 Å². The van der Waals surface area contributed by atoms with E-state index in [1.165, 1.54) is 0 Å². The molecule has 3 nitrogen and oxygen atoms in total. The molecule has 0 unspecified atom stereocenters. The Balaban J connectivity index is 2.22. The number of ether oxygens (including phenoxy) is 3. The lowest BCUT2D eigenvalue weighted by atomic mass is 10.6. The highest BCUT2D eigenvalue weighted by Gasteiger charge is 2.05. The second-order valence-electron chi connectivity index (χ2n) is 1.68. The molecule has 0 atom stereocenters. The smallest absolute Gasteiger partial charge is 0.277 e. The molecule has 3 heteroatoms. The van der Waals surface area contributed by atoms with Crippen molar-refractivity contribution in [3.63, 3.8) is 0 Å². The van der Waals surface area contributed by atoms with E-state index >= 15 is 0 Å². The van der Waals surface area contributed by atoms with Gasteiger partial charge in [-0.3, -0.25) is 0 Å². The van der Waals surface area contributed by atoms with Gasteiger partial charge in [0.25, 0.3) is 5.95 Å². The number of rotatable bonds is 2. The van der Waals surface area contributed by atoms with E-state index in [4.69, 9.17) is 14.2 Å². The number of methoxy groups -OCH3 is 1. The Labute approximate surface area is 54.2 Å². The molecule has 9 heavy (non-hydrogen) atoms. The third-order valence-electron chi connectivity index (χ3n) is 0.989. The maximum atomic E-state index is 5.01. The van der Waals surface area contributed by atoms with E-state index in [1.807, 2.05) is 0 Å². The van der Waals surface area contributed by atoms with Crippen LogP contribution in [0.5, 0.6) is 0 Å². The molecule has 0 N–H and O–H groups in total. The van der Waals surface area contributed by atoms with Crippen molar-refractivity contribution in [2.24, 2.45) is 0 Å². The van der Waals surface area contributed by atoms with Crippen LogP contribution in [0.4, 0.5) is 0 Å². The number of hydrogen-bond donors (Lipinski definition) is 0. The highest BCUT2D eigenvalue weighted by atomic mass is 16.7. The topological polar surface area (TPSA) is 27.7 Å². The molecular formula is C6H10O3. The van der Waals surface area contributed by atoms with Crippen LogP contribution in [0.3, 0.4) is 0 Å². The molecule has 1 rings (SSSR count). The summed E-state index contributed by atoms with van der Waals surface area (Å²) in [7, 11) is 1.63. The standard InChI is InChI=1S/C6H10O3/c1-7-3-2-6-8-4-5-9-6/h2H,3-5H2,1H3. The van der Waals surface area contributed by atoms with Crippen LogP contribution in [0.1, 0.15) is 0 Å². The molecule has 1 aliphatic rings. The maximum Gasteiger partial charge on any atom is 0.277 e. The Morgan fingerprint density at radius 2 is 2.22 bits per heavy atom. The monoisotopic (exact) mass is 130 g/mol. The molecule has 0 radical (unpaired) electrons. The summed E-state index contributed by atoms with van der Waals surface area (Å²) in [5.74, 6) is 0.594. The molecule has 1 heterocycles. The molecule has 0 aromatic carbocycles. The second-order valence-corrected chi connectivity index (χ2v) is 1.68. The highest BCUT2D eigenvalue weighted by molar-refractivity contribution is 4.86. The molecule has 1 saturated heterocycles. The molecule has 0 amide bonds. The van der Waals surface area contributed by atoms with E-state index in [-0.39, 0.29) is 0 Å². The zero-order valence-electron chi connectivity index (χ0n) is 5.42. The predicted octanol–water partition coefficient (Wildman–Crippen LogP) is 0.521. The summed E-state index contributed by atoms with van der Waals surface area (Å²) in [6, 6.07) is 0. The van der Waals surface area contributed by atoms with Gasteiger partial charge < -0.3 is 14.2 Å². The van der Waals surface area contributed by atoms with Crippen LogP contribution in [0, 0.1) is 0 Å². The van der Waals surface area contributed by atoms with Crippen molar-refractivity contribution in [3.05, 3.63) is 12.0 Å². The Morgan fingerprint density at radius 3 is 2.78 bits per heavy atom. The zero-order valence-corrected chi connectivity index (χ0v) is 5.42. The zero-order chi connectivity index (χ0) is 6.53. The fourth-order valence-electron chi connectivity index (χ4n) is 0.595. The molecule has 0 spiro atoms. The molecule has 0 aromatic heterocycles. The lowest BCUT2D eigenvalue weighted by molar-refractivity contribution is 0.162. The maximum absolute atomic E-state index is 5.01. The lowest BCUT2D eigenvalue weighted by Gasteiger charge is -1.94. The third-order valence-corrected chi connectivity index (χ3v) is 0.989. The second kappa shape index (κ2) is 3.35. The molecule has 1 aliphatic heterocycles. The minimum Gasteiger partial charge on any atom is -0.462 e. The van der Waals surface area contributed by atoms with Crippen LogP contribution in [-0.4, -0.2) is 26.9 Å². The van der Waals surface area contributed by atoms with Crippen molar-refractivity contribution in [2.45, 2.75) is 0 Å². The molecule has 0 aliphatic carbocycles. The van der Waals surface area contributed by atoms with E-state index in [1.54, 1.807) is 13.2 Å². The highest BCUT2D eigenvalue weighted by Crippen LogP contribution is 2.06. The van der Waals surface area contributed by atoms with Gasteiger partial charge in [0.2, 0.25) is 0 Å². The minimum atomic E-state index is 0.551. The molecule has 1 fully saturated rings. The predicted molar refractivity (Wildman–Crippen MR) is 31.9 cm³/mol. The van der Waals surface area contributed by atoms with Gasteiger partial charge >= 0.3 is 0 Å². The average Bonchev–Trinajstić information content (AvgIpc) is 2.34. The van der Waals surface area contributed by atoms with Gasteiger partial charge in [0.15, 0.2) is 0 Å². The summed E-state index contributed by atoms with van der Waals surface area (Å²) in [5, 5.41) is 0. The van der Waals surface area contributed by atoms with Crippen LogP contribution < -0.4 is 0 Å². The summed E-state index contributed by atoms with van der Waals surface area (Å²) in [6.07, 6.45) is 1.77. The molecule has 52 valence electrons. The summed E-state index contributed by atoms with van der Waals surface area (Å²) < 4.78 is 14.8. The van der Waals surface area contributed by atoms with Crippen LogP contribution in [0.25, 0.3) is 0 Å². The first kappa shape index (κ1) is 6.42. The Bertz CT molecular complexity index is 101.